The molecule has 3 nitrogen and oxygen atoms in total. The SMILES string of the molecule is Br.Br.NC(N)=O.S. The number of hydrogen-bond acceptors (Lipinski definition) is 1. The summed E-state index contributed by atoms with van der Waals surface area (Å²) in [4.78, 5) is 9.00. The smallest absolute Gasteiger partial charge is 0.309 e. The standard InChI is InChI=1S/CH4N2O.2BrH.H2S/c2-1(3)4;;;/h(H4,2,3,4);2*1H;1H2. The Hall–Kier alpha value is 0.580. The Morgan fingerprint density at radius 3 is 1.14 bits per heavy atom. The third-order valence-corrected chi connectivity index (χ3v) is 0. The lowest BCUT2D eigenvalue weighted by molar-refractivity contribution is 0.256. The lowest BCUT2D eigenvalue weighted by Gasteiger charge is -1.62. The molecule has 0 fully saturated rings. The van der Waals surface area contributed by atoms with Gasteiger partial charge in [-0.15, -0.1) is 34.0 Å². The molecule has 0 aliphatic rings. The van der Waals surface area contributed by atoms with Gasteiger partial charge in [-0.25, -0.2) is 4.79 Å². The molecule has 0 bridgehead atoms. The maximum absolute atomic E-state index is 9.00. The van der Waals surface area contributed by atoms with E-state index in [2.05, 4.69) is 11.5 Å². The predicted molar refractivity (Wildman–Crippen MR) is 44.8 cm³/mol. The van der Waals surface area contributed by atoms with E-state index in [4.69, 9.17) is 4.79 Å². The van der Waals surface area contributed by atoms with Gasteiger partial charge in [-0.3, -0.25) is 0 Å². The first kappa shape index (κ1) is 25.6. The van der Waals surface area contributed by atoms with E-state index in [-0.39, 0.29) is 47.5 Å². The van der Waals surface area contributed by atoms with Crippen molar-refractivity contribution >= 4 is 53.5 Å². The van der Waals surface area contributed by atoms with E-state index in [0.717, 1.165) is 0 Å². The maximum Gasteiger partial charge on any atom is 0.309 e. The number of carbonyl (C=O) groups is 1. The van der Waals surface area contributed by atoms with Gasteiger partial charge in [0.15, 0.2) is 0 Å². The molecule has 4 N–H and O–H groups in total. The highest BCUT2D eigenvalue weighted by Crippen LogP contribution is 1.25. The Balaban J connectivity index is -0.0000000150. The van der Waals surface area contributed by atoms with E-state index in [0.29, 0.717) is 0 Å². The van der Waals surface area contributed by atoms with Gasteiger partial charge < -0.3 is 11.5 Å². The lowest BCUT2D eigenvalue weighted by Crippen LogP contribution is -2.18. The highest BCUT2D eigenvalue weighted by molar-refractivity contribution is 8.93. The summed E-state index contributed by atoms with van der Waals surface area (Å²) in [5, 5.41) is 0. The zero-order chi connectivity index (χ0) is 3.58. The number of primary amides is 2. The van der Waals surface area contributed by atoms with Gasteiger partial charge in [0.05, 0.1) is 0 Å². The second kappa shape index (κ2) is 16.0. The molecule has 0 aromatic rings. The fourth-order valence-electron chi connectivity index (χ4n) is 0. The zero-order valence-electron chi connectivity index (χ0n) is 3.38. The fraction of sp³-hybridized carbons (Fsp3) is 0. The van der Waals surface area contributed by atoms with Crippen molar-refractivity contribution < 1.29 is 4.79 Å². The minimum absolute atomic E-state index is 0. The molecule has 0 unspecified atom stereocenters. The van der Waals surface area contributed by atoms with E-state index in [1.165, 1.54) is 0 Å². The molecule has 0 aliphatic carbocycles. The second-order valence-corrected chi connectivity index (χ2v) is 0.402. The molecule has 0 aliphatic heterocycles. The molecule has 0 radical (unpaired) electrons. The molecule has 0 rings (SSSR count). The summed E-state index contributed by atoms with van der Waals surface area (Å²) in [7, 11) is 0. The Morgan fingerprint density at radius 2 is 1.14 bits per heavy atom. The summed E-state index contributed by atoms with van der Waals surface area (Å²) in [6, 6.07) is -0.833. The minimum atomic E-state index is -0.833. The van der Waals surface area contributed by atoms with Crippen LogP contribution in [0.4, 0.5) is 4.79 Å². The Kier molecular flexibility index (Phi) is 58.5. The molecule has 0 atom stereocenters. The largest absolute Gasteiger partial charge is 0.352 e. The number of rotatable bonds is 0. The lowest BCUT2D eigenvalue weighted by atomic mass is 11.2. The Labute approximate surface area is 69.8 Å². The van der Waals surface area contributed by atoms with Gasteiger partial charge in [0.25, 0.3) is 0 Å². The van der Waals surface area contributed by atoms with Gasteiger partial charge in [0.2, 0.25) is 0 Å². The zero-order valence-corrected chi connectivity index (χ0v) is 7.81. The van der Waals surface area contributed by atoms with Crippen LogP contribution >= 0.6 is 47.5 Å². The first-order chi connectivity index (χ1) is 1.73. The Morgan fingerprint density at radius 1 is 1.14 bits per heavy atom. The molecule has 2 amide bonds. The number of amides is 2. The molecule has 0 aromatic carbocycles. The molecule has 0 heterocycles. The van der Waals surface area contributed by atoms with E-state index in [1.807, 2.05) is 0 Å². The quantitative estimate of drug-likeness (QED) is 0.642. The average Bonchev–Trinajstić information content (AvgIpc) is 0.811. The summed E-state index contributed by atoms with van der Waals surface area (Å²) >= 11 is 0. The average molecular weight is 256 g/mol. The number of urea groups is 1. The predicted octanol–water partition coefficient (Wildman–Crippen LogP) is 0.292. The summed E-state index contributed by atoms with van der Waals surface area (Å²) in [5.74, 6) is 0. The molecular formula is CH8Br2N2OS. The molecule has 7 heavy (non-hydrogen) atoms. The normalized spacial score (nSPS) is 3.43. The van der Waals surface area contributed by atoms with Crippen LogP contribution in [0, 0.1) is 0 Å². The van der Waals surface area contributed by atoms with Gasteiger partial charge >= 0.3 is 6.03 Å². The van der Waals surface area contributed by atoms with Gasteiger partial charge in [-0.1, -0.05) is 0 Å². The van der Waals surface area contributed by atoms with Crippen molar-refractivity contribution in [1.29, 1.82) is 0 Å². The van der Waals surface area contributed by atoms with Gasteiger partial charge in [0.1, 0.15) is 0 Å². The first-order valence-corrected chi connectivity index (χ1v) is 0.781. The highest BCUT2D eigenvalue weighted by atomic mass is 79.9. The van der Waals surface area contributed by atoms with Crippen molar-refractivity contribution in [2.45, 2.75) is 0 Å². The van der Waals surface area contributed by atoms with E-state index < -0.39 is 6.03 Å². The monoisotopic (exact) mass is 254 g/mol. The van der Waals surface area contributed by atoms with Crippen molar-refractivity contribution in [1.82, 2.24) is 0 Å². The van der Waals surface area contributed by atoms with Crippen LogP contribution in [0.1, 0.15) is 0 Å². The third-order valence-electron chi connectivity index (χ3n) is 0. The summed E-state index contributed by atoms with van der Waals surface area (Å²) in [6.45, 7) is 0. The van der Waals surface area contributed by atoms with Gasteiger partial charge in [0, 0.05) is 0 Å². The van der Waals surface area contributed by atoms with E-state index in [1.54, 1.807) is 0 Å². The van der Waals surface area contributed by atoms with Crippen LogP contribution in [0.2, 0.25) is 0 Å². The van der Waals surface area contributed by atoms with Gasteiger partial charge in [-0.2, -0.15) is 13.5 Å². The Bertz CT molecular complexity index is 38.7. The number of halogens is 2. The van der Waals surface area contributed by atoms with Crippen LogP contribution in [0.5, 0.6) is 0 Å². The molecular weight excluding hydrogens is 248 g/mol. The maximum atomic E-state index is 9.00. The molecule has 0 saturated heterocycles. The topological polar surface area (TPSA) is 69.1 Å². The second-order valence-electron chi connectivity index (χ2n) is 0.402. The van der Waals surface area contributed by atoms with Crippen molar-refractivity contribution in [3.8, 4) is 0 Å². The van der Waals surface area contributed by atoms with E-state index >= 15 is 0 Å². The molecule has 0 saturated carbocycles. The molecule has 6 heteroatoms. The first-order valence-electron chi connectivity index (χ1n) is 0.781. The number of nitrogens with two attached hydrogens (primary N) is 2. The molecule has 48 valence electrons. The van der Waals surface area contributed by atoms with Crippen molar-refractivity contribution in [3.05, 3.63) is 0 Å². The van der Waals surface area contributed by atoms with Gasteiger partial charge in [-0.05, 0) is 0 Å². The minimum Gasteiger partial charge on any atom is -0.352 e. The molecule has 0 spiro atoms. The fourth-order valence-corrected chi connectivity index (χ4v) is 0. The highest BCUT2D eigenvalue weighted by Gasteiger charge is 1.60. The summed E-state index contributed by atoms with van der Waals surface area (Å²) in [5.41, 5.74) is 8.50. The van der Waals surface area contributed by atoms with Crippen molar-refractivity contribution in [2.75, 3.05) is 0 Å². The summed E-state index contributed by atoms with van der Waals surface area (Å²) < 4.78 is 0. The third kappa shape index (κ3) is 410. The van der Waals surface area contributed by atoms with Crippen molar-refractivity contribution in [3.63, 3.8) is 0 Å². The van der Waals surface area contributed by atoms with Crippen LogP contribution in [-0.2, 0) is 0 Å². The van der Waals surface area contributed by atoms with Crippen LogP contribution in [0.15, 0.2) is 0 Å². The summed E-state index contributed by atoms with van der Waals surface area (Å²) in [6.07, 6.45) is 0. The van der Waals surface area contributed by atoms with Crippen LogP contribution in [0.3, 0.4) is 0 Å². The van der Waals surface area contributed by atoms with Crippen LogP contribution in [-0.4, -0.2) is 6.03 Å². The van der Waals surface area contributed by atoms with Crippen molar-refractivity contribution in [2.24, 2.45) is 11.5 Å². The number of carbonyl (C=O) groups excluding carboxylic acids is 1. The molecule has 0 aromatic heterocycles. The number of hydrogen-bond donors (Lipinski definition) is 2. The van der Waals surface area contributed by atoms with Crippen LogP contribution in [0.25, 0.3) is 0 Å². The van der Waals surface area contributed by atoms with E-state index in [9.17, 15) is 0 Å². The van der Waals surface area contributed by atoms with Crippen LogP contribution < -0.4 is 11.5 Å².